The molecule has 0 bridgehead atoms. The first-order valence-corrected chi connectivity index (χ1v) is 15.2. The second kappa shape index (κ2) is 10.5. The summed E-state index contributed by atoms with van der Waals surface area (Å²) in [5.41, 5.74) is 1.92. The molecule has 0 aliphatic carbocycles. The quantitative estimate of drug-likeness (QED) is 0.314. The number of ether oxygens (including phenoxy) is 1. The summed E-state index contributed by atoms with van der Waals surface area (Å²) in [7, 11) is -5.29. The minimum atomic E-state index is -3.40. The molecule has 0 spiro atoms. The van der Waals surface area contributed by atoms with Crippen molar-refractivity contribution in [3.8, 4) is 17.1 Å². The molecule has 12 heteroatoms. The fourth-order valence-corrected chi connectivity index (χ4v) is 4.79. The molecule has 0 aliphatic heterocycles. The lowest BCUT2D eigenvalue weighted by Gasteiger charge is -2.14. The van der Waals surface area contributed by atoms with Gasteiger partial charge in [0, 0.05) is 36.6 Å². The number of carbonyl (C=O) groups is 1. The van der Waals surface area contributed by atoms with Gasteiger partial charge < -0.3 is 19.8 Å². The van der Waals surface area contributed by atoms with Gasteiger partial charge in [0.2, 0.25) is 0 Å². The maximum Gasteiger partial charge on any atom is 0.255 e. The zero-order valence-corrected chi connectivity index (χ0v) is 22.4. The van der Waals surface area contributed by atoms with Crippen molar-refractivity contribution in [2.45, 2.75) is 11.5 Å². The molecule has 3 aromatic carbocycles. The van der Waals surface area contributed by atoms with Crippen LogP contribution in [0.5, 0.6) is 5.75 Å². The van der Waals surface area contributed by atoms with Crippen LogP contribution in [0, 0.1) is 5.82 Å². The number of anilines is 1. The minimum absolute atomic E-state index is 0.0289. The Morgan fingerprint density at radius 2 is 1.63 bits per heavy atom. The van der Waals surface area contributed by atoms with Gasteiger partial charge in [0.1, 0.15) is 35.4 Å². The lowest BCUT2D eigenvalue weighted by molar-refractivity contribution is 0.0964. The molecule has 1 amide bonds. The van der Waals surface area contributed by atoms with Crippen LogP contribution in [0.1, 0.15) is 15.9 Å². The molecule has 1 aromatic heterocycles. The van der Waals surface area contributed by atoms with E-state index in [1.165, 1.54) is 49.5 Å². The van der Waals surface area contributed by atoms with E-state index in [1.54, 1.807) is 18.2 Å². The Bertz CT molecular complexity index is 1710. The third-order valence-electron chi connectivity index (χ3n) is 5.62. The van der Waals surface area contributed by atoms with Crippen molar-refractivity contribution in [3.63, 3.8) is 0 Å². The lowest BCUT2D eigenvalue weighted by Crippen LogP contribution is -2.18. The predicted molar refractivity (Wildman–Crippen MR) is 142 cm³/mol. The molecule has 0 aliphatic rings. The van der Waals surface area contributed by atoms with E-state index >= 15 is 0 Å². The molecule has 0 unspecified atom stereocenters. The van der Waals surface area contributed by atoms with Gasteiger partial charge in [-0.2, -0.15) is 0 Å². The number of sulfone groups is 2. The SMILES string of the molecule is CNC(=O)c1c(-c2ccc(F)cc2)oc2cc(NCS(C)(=O)=O)c(OCc3ccc(S(C)(=O)=O)cc3)cc12. The van der Waals surface area contributed by atoms with Crippen LogP contribution in [0.25, 0.3) is 22.3 Å². The summed E-state index contributed by atoms with van der Waals surface area (Å²) < 4.78 is 72.6. The van der Waals surface area contributed by atoms with Crippen molar-refractivity contribution in [3.05, 3.63) is 77.6 Å². The topological polar surface area (TPSA) is 132 Å². The Kier molecular flexibility index (Phi) is 7.47. The Morgan fingerprint density at radius 3 is 2.21 bits per heavy atom. The molecule has 0 saturated carbocycles. The van der Waals surface area contributed by atoms with Crippen LogP contribution in [-0.4, -0.2) is 48.2 Å². The first-order chi connectivity index (χ1) is 17.9. The molecule has 0 fully saturated rings. The van der Waals surface area contributed by atoms with E-state index in [0.29, 0.717) is 22.2 Å². The van der Waals surface area contributed by atoms with Crippen LogP contribution >= 0.6 is 0 Å². The number of carbonyl (C=O) groups excluding carboxylic acids is 1. The summed E-state index contributed by atoms with van der Waals surface area (Å²) in [6.07, 6.45) is 2.19. The largest absolute Gasteiger partial charge is 0.487 e. The van der Waals surface area contributed by atoms with Crippen LogP contribution < -0.4 is 15.4 Å². The van der Waals surface area contributed by atoms with E-state index in [1.807, 2.05) is 0 Å². The fraction of sp³-hybridized carbons (Fsp3) is 0.192. The summed E-state index contributed by atoms with van der Waals surface area (Å²) in [5.74, 6) is -0.820. The third-order valence-corrected chi connectivity index (χ3v) is 7.42. The third kappa shape index (κ3) is 6.14. The molecule has 1 heterocycles. The van der Waals surface area contributed by atoms with E-state index in [2.05, 4.69) is 10.6 Å². The highest BCUT2D eigenvalue weighted by Gasteiger charge is 2.24. The van der Waals surface area contributed by atoms with Gasteiger partial charge in [-0.05, 0) is 48.0 Å². The van der Waals surface area contributed by atoms with Crippen LogP contribution in [0.2, 0.25) is 0 Å². The lowest BCUT2D eigenvalue weighted by atomic mass is 10.0. The summed E-state index contributed by atoms with van der Waals surface area (Å²) in [5, 5.41) is 5.80. The number of hydrogen-bond acceptors (Lipinski definition) is 8. The Balaban J connectivity index is 1.79. The number of halogens is 1. The van der Waals surface area contributed by atoms with E-state index < -0.39 is 31.4 Å². The molecule has 200 valence electrons. The van der Waals surface area contributed by atoms with Crippen molar-refractivity contribution < 1.29 is 35.2 Å². The zero-order valence-electron chi connectivity index (χ0n) is 20.7. The van der Waals surface area contributed by atoms with E-state index in [0.717, 1.165) is 12.5 Å². The number of hydrogen-bond donors (Lipinski definition) is 2. The number of fused-ring (bicyclic) bond motifs is 1. The van der Waals surface area contributed by atoms with Gasteiger partial charge >= 0.3 is 0 Å². The average molecular weight is 561 g/mol. The van der Waals surface area contributed by atoms with Gasteiger partial charge in [-0.25, -0.2) is 21.2 Å². The summed E-state index contributed by atoms with van der Waals surface area (Å²) >= 11 is 0. The van der Waals surface area contributed by atoms with Gasteiger partial charge in [-0.3, -0.25) is 4.79 Å². The molecule has 38 heavy (non-hydrogen) atoms. The van der Waals surface area contributed by atoms with Crippen molar-refractivity contribution in [2.75, 3.05) is 30.8 Å². The first kappa shape index (κ1) is 27.1. The van der Waals surface area contributed by atoms with Crippen molar-refractivity contribution in [2.24, 2.45) is 0 Å². The molecule has 4 aromatic rings. The standard InChI is InChI=1S/C26H25FN2O7S2/c1-28-26(30)24-20-12-23(35-14-16-4-10-19(11-5-16)38(3,33)34)21(29-15-37(2,31)32)13-22(20)36-25(24)17-6-8-18(27)9-7-17/h4-13,29H,14-15H2,1-3H3,(H,28,30). The molecule has 2 N–H and O–H groups in total. The van der Waals surface area contributed by atoms with Gasteiger partial charge in [-0.15, -0.1) is 0 Å². The first-order valence-electron chi connectivity index (χ1n) is 11.3. The molecule has 9 nitrogen and oxygen atoms in total. The van der Waals surface area contributed by atoms with Crippen LogP contribution in [0.15, 0.2) is 70.0 Å². The maximum atomic E-state index is 13.5. The van der Waals surface area contributed by atoms with Gasteiger partial charge in [0.15, 0.2) is 19.7 Å². The average Bonchev–Trinajstić information content (AvgIpc) is 3.23. The highest BCUT2D eigenvalue weighted by Crippen LogP contribution is 2.39. The van der Waals surface area contributed by atoms with Crippen molar-refractivity contribution in [1.82, 2.24) is 5.32 Å². The predicted octanol–water partition coefficient (Wildman–Crippen LogP) is 4.00. The van der Waals surface area contributed by atoms with E-state index in [4.69, 9.17) is 9.15 Å². The molecule has 0 saturated heterocycles. The van der Waals surface area contributed by atoms with Gasteiger partial charge in [0.05, 0.1) is 16.1 Å². The van der Waals surface area contributed by atoms with Gasteiger partial charge in [-0.1, -0.05) is 12.1 Å². The molecular weight excluding hydrogens is 535 g/mol. The summed E-state index contributed by atoms with van der Waals surface area (Å²) in [6, 6.07) is 14.7. The summed E-state index contributed by atoms with van der Waals surface area (Å²) in [6.45, 7) is 0.0289. The van der Waals surface area contributed by atoms with E-state index in [-0.39, 0.29) is 40.0 Å². The highest BCUT2D eigenvalue weighted by atomic mass is 32.2. The van der Waals surface area contributed by atoms with Crippen molar-refractivity contribution >= 4 is 42.2 Å². The van der Waals surface area contributed by atoms with E-state index in [9.17, 15) is 26.0 Å². The van der Waals surface area contributed by atoms with Crippen LogP contribution in [0.4, 0.5) is 10.1 Å². The minimum Gasteiger partial charge on any atom is -0.487 e. The number of rotatable bonds is 9. The number of furan rings is 1. The second-order valence-electron chi connectivity index (χ2n) is 8.69. The molecule has 0 radical (unpaired) electrons. The summed E-state index contributed by atoms with van der Waals surface area (Å²) in [4.78, 5) is 13.0. The smallest absolute Gasteiger partial charge is 0.255 e. The number of amides is 1. The molecular formula is C26H25FN2O7S2. The number of nitrogens with one attached hydrogen (secondary N) is 2. The second-order valence-corrected chi connectivity index (χ2v) is 12.8. The maximum absolute atomic E-state index is 13.5. The number of benzene rings is 3. The monoisotopic (exact) mass is 560 g/mol. The Labute approximate surface area is 219 Å². The highest BCUT2D eigenvalue weighted by molar-refractivity contribution is 7.91. The zero-order chi connectivity index (χ0) is 27.7. The van der Waals surface area contributed by atoms with Crippen LogP contribution in [-0.2, 0) is 26.3 Å². The van der Waals surface area contributed by atoms with Crippen molar-refractivity contribution in [1.29, 1.82) is 0 Å². The Hall–Kier alpha value is -3.90. The fourth-order valence-electron chi connectivity index (χ4n) is 3.74. The van der Waals surface area contributed by atoms with Crippen LogP contribution in [0.3, 0.4) is 0 Å². The van der Waals surface area contributed by atoms with Gasteiger partial charge in [0.25, 0.3) is 5.91 Å². The normalized spacial score (nSPS) is 11.9. The Morgan fingerprint density at radius 1 is 0.974 bits per heavy atom. The molecule has 0 atom stereocenters. The molecule has 4 rings (SSSR count).